The predicted octanol–water partition coefficient (Wildman–Crippen LogP) is 3.76. The molecule has 4 rings (SSSR count). The number of rotatable bonds is 8. The van der Waals surface area contributed by atoms with Gasteiger partial charge in [-0.1, -0.05) is 18.2 Å². The van der Waals surface area contributed by atoms with E-state index in [4.69, 9.17) is 9.47 Å². The molecule has 0 aliphatic carbocycles. The summed E-state index contributed by atoms with van der Waals surface area (Å²) in [5.41, 5.74) is 0.934. The van der Waals surface area contributed by atoms with Crippen molar-refractivity contribution in [3.8, 4) is 11.5 Å². The molecule has 0 atom stereocenters. The lowest BCUT2D eigenvalue weighted by molar-refractivity contribution is 0.0398. The fourth-order valence-corrected chi connectivity index (χ4v) is 3.07. The van der Waals surface area contributed by atoms with Gasteiger partial charge in [0.25, 0.3) is 0 Å². The van der Waals surface area contributed by atoms with Gasteiger partial charge in [0.2, 0.25) is 0 Å². The lowest BCUT2D eigenvalue weighted by atomic mass is 10.3. The number of nitrogens with zero attached hydrogens (tertiary/aromatic N) is 3. The van der Waals surface area contributed by atoms with E-state index in [1.807, 2.05) is 60.7 Å². The fraction of sp³-hybridized carbons (Fsp3) is 0.273. The minimum absolute atomic E-state index is 0.741. The van der Waals surface area contributed by atoms with Crippen LogP contribution < -0.4 is 15.4 Å². The highest BCUT2D eigenvalue weighted by molar-refractivity contribution is 5.59. The Labute approximate surface area is 170 Å². The van der Waals surface area contributed by atoms with Crippen molar-refractivity contribution in [2.75, 3.05) is 50.0 Å². The lowest BCUT2D eigenvalue weighted by Gasteiger charge is -2.26. The smallest absolute Gasteiger partial charge is 0.135 e. The Morgan fingerprint density at radius 3 is 2.41 bits per heavy atom. The third-order valence-electron chi connectivity index (χ3n) is 4.61. The van der Waals surface area contributed by atoms with Gasteiger partial charge in [0, 0.05) is 37.9 Å². The van der Waals surface area contributed by atoms with Crippen LogP contribution in [0, 0.1) is 0 Å². The van der Waals surface area contributed by atoms with E-state index in [-0.39, 0.29) is 0 Å². The topological polar surface area (TPSA) is 71.5 Å². The molecule has 1 fully saturated rings. The highest BCUT2D eigenvalue weighted by Gasteiger charge is 2.09. The number of hydrogen-bond donors (Lipinski definition) is 2. The molecule has 0 bridgehead atoms. The van der Waals surface area contributed by atoms with E-state index in [1.165, 1.54) is 0 Å². The average molecular weight is 391 g/mol. The summed E-state index contributed by atoms with van der Waals surface area (Å²) >= 11 is 0. The molecule has 1 aromatic heterocycles. The summed E-state index contributed by atoms with van der Waals surface area (Å²) in [7, 11) is 0. The predicted molar refractivity (Wildman–Crippen MR) is 114 cm³/mol. The normalized spacial score (nSPS) is 14.3. The van der Waals surface area contributed by atoms with Gasteiger partial charge < -0.3 is 20.1 Å². The summed E-state index contributed by atoms with van der Waals surface area (Å²) in [6.07, 6.45) is 1.56. The van der Waals surface area contributed by atoms with Gasteiger partial charge in [0.15, 0.2) is 0 Å². The maximum atomic E-state index is 5.82. The molecular weight excluding hydrogens is 366 g/mol. The first kappa shape index (κ1) is 19.2. The second-order valence-corrected chi connectivity index (χ2v) is 6.73. The van der Waals surface area contributed by atoms with Crippen LogP contribution in [0.2, 0.25) is 0 Å². The zero-order valence-corrected chi connectivity index (χ0v) is 16.3. The van der Waals surface area contributed by atoms with Crippen LogP contribution in [0.15, 0.2) is 67.0 Å². The molecule has 1 aliphatic rings. The Hall–Kier alpha value is -3.16. The van der Waals surface area contributed by atoms with Gasteiger partial charge in [-0.25, -0.2) is 9.97 Å². The summed E-state index contributed by atoms with van der Waals surface area (Å²) in [4.78, 5) is 11.0. The molecule has 150 valence electrons. The molecule has 2 heterocycles. The molecule has 0 amide bonds. The fourth-order valence-electron chi connectivity index (χ4n) is 3.07. The second kappa shape index (κ2) is 9.86. The van der Waals surface area contributed by atoms with Gasteiger partial charge in [-0.2, -0.15) is 0 Å². The van der Waals surface area contributed by atoms with Gasteiger partial charge >= 0.3 is 0 Å². The molecule has 2 N–H and O–H groups in total. The number of anilines is 3. The van der Waals surface area contributed by atoms with Crippen molar-refractivity contribution in [2.45, 2.75) is 0 Å². The number of benzene rings is 2. The van der Waals surface area contributed by atoms with E-state index in [1.54, 1.807) is 6.33 Å². The van der Waals surface area contributed by atoms with Crippen molar-refractivity contribution in [2.24, 2.45) is 0 Å². The van der Waals surface area contributed by atoms with Crippen LogP contribution in [-0.4, -0.2) is 54.3 Å². The third-order valence-corrected chi connectivity index (χ3v) is 4.61. The third kappa shape index (κ3) is 5.91. The molecule has 7 heteroatoms. The van der Waals surface area contributed by atoms with Crippen LogP contribution in [-0.2, 0) is 4.74 Å². The highest BCUT2D eigenvalue weighted by Crippen LogP contribution is 2.24. The second-order valence-electron chi connectivity index (χ2n) is 6.73. The first-order chi connectivity index (χ1) is 14.3. The maximum absolute atomic E-state index is 5.82. The molecule has 29 heavy (non-hydrogen) atoms. The number of aromatic nitrogens is 2. The van der Waals surface area contributed by atoms with Crippen LogP contribution in [0.4, 0.5) is 17.3 Å². The van der Waals surface area contributed by atoms with Crippen molar-refractivity contribution in [3.05, 3.63) is 67.0 Å². The van der Waals surface area contributed by atoms with E-state index in [0.29, 0.717) is 0 Å². The van der Waals surface area contributed by atoms with E-state index < -0.39 is 0 Å². The number of para-hydroxylation sites is 1. The molecule has 7 nitrogen and oxygen atoms in total. The van der Waals surface area contributed by atoms with E-state index >= 15 is 0 Å². The quantitative estimate of drug-likeness (QED) is 0.606. The van der Waals surface area contributed by atoms with Crippen LogP contribution >= 0.6 is 0 Å². The summed E-state index contributed by atoms with van der Waals surface area (Å²) in [6.45, 7) is 5.42. The Morgan fingerprint density at radius 1 is 0.897 bits per heavy atom. The maximum Gasteiger partial charge on any atom is 0.135 e. The van der Waals surface area contributed by atoms with Crippen molar-refractivity contribution in [3.63, 3.8) is 0 Å². The molecule has 0 saturated carbocycles. The number of nitrogens with one attached hydrogen (secondary N) is 2. The van der Waals surface area contributed by atoms with Crippen molar-refractivity contribution < 1.29 is 9.47 Å². The largest absolute Gasteiger partial charge is 0.457 e. The molecule has 0 radical (unpaired) electrons. The minimum atomic E-state index is 0.741. The Morgan fingerprint density at radius 2 is 1.62 bits per heavy atom. The summed E-state index contributed by atoms with van der Waals surface area (Å²) in [5, 5.41) is 6.66. The van der Waals surface area contributed by atoms with E-state index in [2.05, 4.69) is 25.5 Å². The number of hydrogen-bond acceptors (Lipinski definition) is 7. The zero-order valence-electron chi connectivity index (χ0n) is 16.3. The summed E-state index contributed by atoms with van der Waals surface area (Å²) in [5.74, 6) is 3.15. The van der Waals surface area contributed by atoms with Crippen LogP contribution in [0.25, 0.3) is 0 Å². The Kier molecular flexibility index (Phi) is 6.52. The van der Waals surface area contributed by atoms with Gasteiger partial charge in [-0.15, -0.1) is 0 Å². The van der Waals surface area contributed by atoms with Gasteiger partial charge in [0.1, 0.15) is 29.5 Å². The molecule has 3 aromatic rings. The number of ether oxygens (including phenoxy) is 2. The van der Waals surface area contributed by atoms with E-state index in [0.717, 1.165) is 68.2 Å². The summed E-state index contributed by atoms with van der Waals surface area (Å²) in [6, 6.07) is 19.4. The number of morpholine rings is 1. The zero-order chi connectivity index (χ0) is 19.7. The molecule has 0 spiro atoms. The van der Waals surface area contributed by atoms with Crippen molar-refractivity contribution in [1.82, 2.24) is 14.9 Å². The Balaban J connectivity index is 1.29. The average Bonchev–Trinajstić information content (AvgIpc) is 2.77. The standard InChI is InChI=1S/C22H25N5O2/c1-2-4-19(5-3-1)29-20-8-6-18(7-9-20)26-22-16-21(24-17-25-22)23-10-11-27-12-14-28-15-13-27/h1-9,16-17H,10-15H2,(H2,23,24,25,26). The van der Waals surface area contributed by atoms with Crippen LogP contribution in [0.5, 0.6) is 11.5 Å². The van der Waals surface area contributed by atoms with E-state index in [9.17, 15) is 0 Å². The van der Waals surface area contributed by atoms with Crippen molar-refractivity contribution >= 4 is 17.3 Å². The lowest BCUT2D eigenvalue weighted by Crippen LogP contribution is -2.39. The highest BCUT2D eigenvalue weighted by atomic mass is 16.5. The van der Waals surface area contributed by atoms with Crippen LogP contribution in [0.3, 0.4) is 0 Å². The first-order valence-electron chi connectivity index (χ1n) is 9.81. The molecular formula is C22H25N5O2. The van der Waals surface area contributed by atoms with Gasteiger partial charge in [-0.3, -0.25) is 4.90 Å². The monoisotopic (exact) mass is 391 g/mol. The first-order valence-corrected chi connectivity index (χ1v) is 9.81. The van der Waals surface area contributed by atoms with Crippen LogP contribution in [0.1, 0.15) is 0 Å². The van der Waals surface area contributed by atoms with Gasteiger partial charge in [0.05, 0.1) is 13.2 Å². The molecule has 0 unspecified atom stereocenters. The van der Waals surface area contributed by atoms with Gasteiger partial charge in [-0.05, 0) is 36.4 Å². The molecule has 2 aromatic carbocycles. The van der Waals surface area contributed by atoms with Crippen molar-refractivity contribution in [1.29, 1.82) is 0 Å². The molecule has 1 saturated heterocycles. The summed E-state index contributed by atoms with van der Waals surface area (Å²) < 4.78 is 11.2. The molecule has 1 aliphatic heterocycles. The minimum Gasteiger partial charge on any atom is -0.457 e. The SMILES string of the molecule is c1ccc(Oc2ccc(Nc3cc(NCCN4CCOCC4)ncn3)cc2)cc1. The Bertz CT molecular complexity index is 883.